The number of hydrogen-bond donors (Lipinski definition) is 1. The van der Waals surface area contributed by atoms with E-state index in [9.17, 15) is 0 Å². The highest BCUT2D eigenvalue weighted by molar-refractivity contribution is 5.48. The van der Waals surface area contributed by atoms with Crippen LogP contribution in [0.15, 0.2) is 30.7 Å². The van der Waals surface area contributed by atoms with Crippen LogP contribution < -0.4 is 14.8 Å². The van der Waals surface area contributed by atoms with E-state index in [1.165, 1.54) is 0 Å². The summed E-state index contributed by atoms with van der Waals surface area (Å²) in [7, 11) is 2.01. The third kappa shape index (κ3) is 2.92. The molecule has 122 valence electrons. The van der Waals surface area contributed by atoms with Gasteiger partial charge in [0.25, 0.3) is 0 Å². The van der Waals surface area contributed by atoms with Crippen LogP contribution in [0.3, 0.4) is 0 Å². The molecule has 1 N–H and O–H groups in total. The van der Waals surface area contributed by atoms with Crippen molar-refractivity contribution < 1.29 is 14.2 Å². The summed E-state index contributed by atoms with van der Waals surface area (Å²) in [6.07, 6.45) is 5.78. The average molecular weight is 315 g/mol. The standard InChI is InChI=1S/C17H21N3O3/c1-20-10-18-9-14(20)16-7-13(5-6-21-16)19-8-12-3-2-4-15-17(12)23-11-22-15/h2-4,9-10,13,16,19H,5-8,11H2,1H3. The fourth-order valence-electron chi connectivity index (χ4n) is 3.25. The zero-order chi connectivity index (χ0) is 15.6. The lowest BCUT2D eigenvalue weighted by molar-refractivity contribution is -0.00406. The minimum absolute atomic E-state index is 0.106. The Morgan fingerprint density at radius 2 is 2.30 bits per heavy atom. The minimum Gasteiger partial charge on any atom is -0.454 e. The van der Waals surface area contributed by atoms with Crippen molar-refractivity contribution in [1.82, 2.24) is 14.9 Å². The highest BCUT2D eigenvalue weighted by Crippen LogP contribution is 2.35. The molecule has 6 heteroatoms. The van der Waals surface area contributed by atoms with Gasteiger partial charge in [-0.05, 0) is 18.9 Å². The van der Waals surface area contributed by atoms with E-state index in [1.54, 1.807) is 0 Å². The van der Waals surface area contributed by atoms with Crippen molar-refractivity contribution in [2.24, 2.45) is 7.05 Å². The molecule has 0 amide bonds. The molecule has 2 unspecified atom stereocenters. The maximum atomic E-state index is 5.91. The Bertz CT molecular complexity index is 685. The molecule has 6 nitrogen and oxygen atoms in total. The van der Waals surface area contributed by atoms with E-state index >= 15 is 0 Å². The molecule has 1 saturated heterocycles. The maximum Gasteiger partial charge on any atom is 0.231 e. The fourth-order valence-corrected chi connectivity index (χ4v) is 3.25. The molecule has 23 heavy (non-hydrogen) atoms. The molecular weight excluding hydrogens is 294 g/mol. The van der Waals surface area contributed by atoms with Gasteiger partial charge in [0.2, 0.25) is 6.79 Å². The Kier molecular flexibility index (Phi) is 3.93. The van der Waals surface area contributed by atoms with Crippen molar-refractivity contribution in [3.63, 3.8) is 0 Å². The summed E-state index contributed by atoms with van der Waals surface area (Å²) in [5.41, 5.74) is 2.28. The molecule has 0 aliphatic carbocycles. The highest BCUT2D eigenvalue weighted by Gasteiger charge is 2.26. The van der Waals surface area contributed by atoms with E-state index < -0.39 is 0 Å². The van der Waals surface area contributed by atoms with Crippen LogP contribution in [0.2, 0.25) is 0 Å². The summed E-state index contributed by atoms with van der Waals surface area (Å²) >= 11 is 0. The number of hydrogen-bond acceptors (Lipinski definition) is 5. The molecule has 2 atom stereocenters. The number of rotatable bonds is 4. The van der Waals surface area contributed by atoms with Gasteiger partial charge in [-0.2, -0.15) is 0 Å². The van der Waals surface area contributed by atoms with Gasteiger partial charge < -0.3 is 24.1 Å². The number of ether oxygens (including phenoxy) is 3. The Hall–Kier alpha value is -2.05. The maximum absolute atomic E-state index is 5.91. The van der Waals surface area contributed by atoms with E-state index in [0.717, 1.165) is 48.7 Å². The first-order chi connectivity index (χ1) is 11.3. The molecule has 0 spiro atoms. The lowest BCUT2D eigenvalue weighted by Gasteiger charge is -2.30. The molecule has 0 radical (unpaired) electrons. The van der Waals surface area contributed by atoms with Crippen molar-refractivity contribution in [3.05, 3.63) is 42.0 Å². The van der Waals surface area contributed by atoms with Crippen LogP contribution in [-0.4, -0.2) is 29.0 Å². The van der Waals surface area contributed by atoms with E-state index in [-0.39, 0.29) is 6.10 Å². The number of benzene rings is 1. The number of fused-ring (bicyclic) bond motifs is 1. The van der Waals surface area contributed by atoms with Crippen molar-refractivity contribution in [1.29, 1.82) is 0 Å². The molecule has 0 saturated carbocycles. The average Bonchev–Trinajstić information content (AvgIpc) is 3.22. The monoisotopic (exact) mass is 315 g/mol. The summed E-state index contributed by atoms with van der Waals surface area (Å²) < 4.78 is 18.9. The lowest BCUT2D eigenvalue weighted by atomic mass is 10.0. The summed E-state index contributed by atoms with van der Waals surface area (Å²) in [6.45, 7) is 1.85. The molecule has 1 aromatic heterocycles. The summed E-state index contributed by atoms with van der Waals surface area (Å²) in [4.78, 5) is 4.19. The van der Waals surface area contributed by atoms with Gasteiger partial charge in [0.05, 0.1) is 18.2 Å². The van der Waals surface area contributed by atoms with E-state index in [2.05, 4.69) is 16.4 Å². The van der Waals surface area contributed by atoms with Crippen LogP contribution in [0.5, 0.6) is 11.5 Å². The number of nitrogens with one attached hydrogen (secondary N) is 1. The van der Waals surface area contributed by atoms with Crippen LogP contribution in [0, 0.1) is 0 Å². The van der Waals surface area contributed by atoms with Gasteiger partial charge in [-0.3, -0.25) is 0 Å². The molecule has 3 heterocycles. The number of imidazole rings is 1. The van der Waals surface area contributed by atoms with Gasteiger partial charge in [0.1, 0.15) is 6.10 Å². The van der Waals surface area contributed by atoms with Gasteiger partial charge in [0.15, 0.2) is 11.5 Å². The molecule has 1 aromatic carbocycles. The topological polar surface area (TPSA) is 57.5 Å². The first kappa shape index (κ1) is 14.5. The molecule has 2 aromatic rings. The van der Waals surface area contributed by atoms with Crippen LogP contribution in [0.4, 0.5) is 0 Å². The minimum atomic E-state index is 0.106. The van der Waals surface area contributed by atoms with Crippen LogP contribution in [0.1, 0.15) is 30.2 Å². The van der Waals surface area contributed by atoms with Crippen molar-refractivity contribution >= 4 is 0 Å². The van der Waals surface area contributed by atoms with Gasteiger partial charge in [-0.25, -0.2) is 4.98 Å². The zero-order valence-electron chi connectivity index (χ0n) is 13.2. The van der Waals surface area contributed by atoms with Gasteiger partial charge >= 0.3 is 0 Å². The first-order valence-electron chi connectivity index (χ1n) is 8.00. The molecular formula is C17H21N3O3. The van der Waals surface area contributed by atoms with Crippen molar-refractivity contribution in [3.8, 4) is 11.5 Å². The molecule has 0 bridgehead atoms. The normalized spacial score (nSPS) is 23.2. The molecule has 2 aliphatic rings. The van der Waals surface area contributed by atoms with E-state index in [1.807, 2.05) is 36.3 Å². The summed E-state index contributed by atoms with van der Waals surface area (Å²) in [5, 5.41) is 3.63. The van der Waals surface area contributed by atoms with Crippen molar-refractivity contribution in [2.45, 2.75) is 31.5 Å². The number of nitrogens with zero attached hydrogens (tertiary/aromatic N) is 2. The quantitative estimate of drug-likeness (QED) is 0.937. The number of para-hydroxylation sites is 1. The van der Waals surface area contributed by atoms with E-state index in [0.29, 0.717) is 12.8 Å². The highest BCUT2D eigenvalue weighted by atomic mass is 16.7. The molecule has 4 rings (SSSR count). The second kappa shape index (κ2) is 6.22. The van der Waals surface area contributed by atoms with Crippen LogP contribution in [-0.2, 0) is 18.3 Å². The second-order valence-electron chi connectivity index (χ2n) is 6.04. The number of aryl methyl sites for hydroxylation is 1. The largest absolute Gasteiger partial charge is 0.454 e. The lowest BCUT2D eigenvalue weighted by Crippen LogP contribution is -2.36. The van der Waals surface area contributed by atoms with Crippen LogP contribution >= 0.6 is 0 Å². The molecule has 2 aliphatic heterocycles. The van der Waals surface area contributed by atoms with Gasteiger partial charge in [-0.1, -0.05) is 12.1 Å². The Morgan fingerprint density at radius 3 is 3.17 bits per heavy atom. The summed E-state index contributed by atoms with van der Waals surface area (Å²) in [5.74, 6) is 1.71. The van der Waals surface area contributed by atoms with Gasteiger partial charge in [-0.15, -0.1) is 0 Å². The smallest absolute Gasteiger partial charge is 0.231 e. The fraction of sp³-hybridized carbons (Fsp3) is 0.471. The SMILES string of the molecule is Cn1cncc1C1CC(NCc2cccc3c2OCO3)CCO1. The number of aromatic nitrogens is 2. The Labute approximate surface area is 135 Å². The van der Waals surface area contributed by atoms with Crippen LogP contribution in [0.25, 0.3) is 0 Å². The van der Waals surface area contributed by atoms with Gasteiger partial charge in [0, 0.05) is 31.8 Å². The zero-order valence-corrected chi connectivity index (χ0v) is 13.2. The Balaban J connectivity index is 1.40. The first-order valence-corrected chi connectivity index (χ1v) is 8.00. The molecule has 1 fully saturated rings. The predicted octanol–water partition coefficient (Wildman–Crippen LogP) is 2.16. The van der Waals surface area contributed by atoms with E-state index in [4.69, 9.17) is 14.2 Å². The Morgan fingerprint density at radius 1 is 1.35 bits per heavy atom. The van der Waals surface area contributed by atoms with Crippen molar-refractivity contribution in [2.75, 3.05) is 13.4 Å². The third-order valence-electron chi connectivity index (χ3n) is 4.53. The third-order valence-corrected chi connectivity index (χ3v) is 4.53. The second-order valence-corrected chi connectivity index (χ2v) is 6.04. The predicted molar refractivity (Wildman–Crippen MR) is 84.3 cm³/mol. The summed E-state index contributed by atoms with van der Waals surface area (Å²) in [6, 6.07) is 6.45.